The monoisotopic (exact) mass is 264 g/mol. The van der Waals surface area contributed by atoms with Gasteiger partial charge in [-0.1, -0.05) is 28.9 Å². The Labute approximate surface area is 112 Å². The lowest BCUT2D eigenvalue weighted by Crippen LogP contribution is -2.22. The van der Waals surface area contributed by atoms with Crippen molar-refractivity contribution in [3.63, 3.8) is 0 Å². The van der Waals surface area contributed by atoms with E-state index < -0.39 is 0 Å². The summed E-state index contributed by atoms with van der Waals surface area (Å²) in [7, 11) is 1.95. The molecule has 0 saturated heterocycles. The van der Waals surface area contributed by atoms with E-state index in [0.29, 0.717) is 0 Å². The number of halogens is 1. The molecular formula is C13H17ClN4. The first-order valence-electron chi connectivity index (χ1n) is 6.04. The fraction of sp³-hybridized carbons (Fsp3) is 0.385. The number of aromatic nitrogens is 3. The summed E-state index contributed by atoms with van der Waals surface area (Å²) in [5, 5.41) is 12.1. The molecule has 96 valence electrons. The zero-order valence-corrected chi connectivity index (χ0v) is 11.4. The predicted octanol–water partition coefficient (Wildman–Crippen LogP) is 2.45. The fourth-order valence-electron chi connectivity index (χ4n) is 2.04. The second-order valence-corrected chi connectivity index (χ2v) is 4.59. The number of likely N-dealkylation sites (N-methyl/N-ethyl adjacent to an activating group) is 1. The molecule has 1 atom stereocenters. The molecule has 1 aromatic carbocycles. The summed E-state index contributed by atoms with van der Waals surface area (Å²) in [6.45, 7) is 2.88. The van der Waals surface area contributed by atoms with Gasteiger partial charge in [-0.25, -0.2) is 4.68 Å². The first kappa shape index (κ1) is 13.1. The summed E-state index contributed by atoms with van der Waals surface area (Å²) in [5.41, 5.74) is 2.30. The molecule has 0 bridgehead atoms. The van der Waals surface area contributed by atoms with E-state index >= 15 is 0 Å². The van der Waals surface area contributed by atoms with Crippen LogP contribution in [-0.2, 0) is 13.0 Å². The Hall–Kier alpha value is -1.39. The average molecular weight is 265 g/mol. The van der Waals surface area contributed by atoms with Gasteiger partial charge in [0.25, 0.3) is 0 Å². The van der Waals surface area contributed by atoms with Crippen LogP contribution in [0.2, 0.25) is 5.02 Å². The van der Waals surface area contributed by atoms with Crippen molar-refractivity contribution in [1.29, 1.82) is 0 Å². The third-order valence-corrected chi connectivity index (χ3v) is 3.22. The maximum atomic E-state index is 6.00. The van der Waals surface area contributed by atoms with Gasteiger partial charge in [0.1, 0.15) is 0 Å². The SMILES string of the molecule is CCn1nncc1C(Cc1cccc(Cl)c1)NC. The highest BCUT2D eigenvalue weighted by Gasteiger charge is 2.15. The van der Waals surface area contributed by atoms with Crippen molar-refractivity contribution in [3.05, 3.63) is 46.7 Å². The Balaban J connectivity index is 2.20. The maximum Gasteiger partial charge on any atom is 0.0759 e. The van der Waals surface area contributed by atoms with Crippen LogP contribution in [0.3, 0.4) is 0 Å². The van der Waals surface area contributed by atoms with Crippen LogP contribution in [0.1, 0.15) is 24.2 Å². The molecule has 1 unspecified atom stereocenters. The number of hydrogen-bond acceptors (Lipinski definition) is 3. The summed E-state index contributed by atoms with van der Waals surface area (Å²) < 4.78 is 1.91. The minimum Gasteiger partial charge on any atom is -0.311 e. The highest BCUT2D eigenvalue weighted by Crippen LogP contribution is 2.19. The van der Waals surface area contributed by atoms with Gasteiger partial charge in [0.15, 0.2) is 0 Å². The summed E-state index contributed by atoms with van der Waals surface area (Å²) in [6, 6.07) is 8.12. The van der Waals surface area contributed by atoms with Crippen LogP contribution in [0.25, 0.3) is 0 Å². The molecule has 18 heavy (non-hydrogen) atoms. The predicted molar refractivity (Wildman–Crippen MR) is 72.7 cm³/mol. The number of nitrogens with one attached hydrogen (secondary N) is 1. The van der Waals surface area contributed by atoms with E-state index in [4.69, 9.17) is 11.6 Å². The zero-order chi connectivity index (χ0) is 13.0. The highest BCUT2D eigenvalue weighted by atomic mass is 35.5. The quantitative estimate of drug-likeness (QED) is 0.902. The smallest absolute Gasteiger partial charge is 0.0759 e. The maximum absolute atomic E-state index is 6.00. The van der Waals surface area contributed by atoms with Gasteiger partial charge >= 0.3 is 0 Å². The lowest BCUT2D eigenvalue weighted by atomic mass is 10.0. The summed E-state index contributed by atoms with van der Waals surface area (Å²) in [4.78, 5) is 0. The molecule has 0 spiro atoms. The van der Waals surface area contributed by atoms with E-state index in [1.54, 1.807) is 0 Å². The molecule has 1 heterocycles. The molecule has 0 aliphatic rings. The van der Waals surface area contributed by atoms with Gasteiger partial charge in [-0.3, -0.25) is 0 Å². The standard InChI is InChI=1S/C13H17ClN4/c1-3-18-13(9-16-17-18)12(15-2)8-10-5-4-6-11(14)7-10/h4-7,9,12,15H,3,8H2,1-2H3. The molecule has 0 aliphatic heterocycles. The fourth-order valence-corrected chi connectivity index (χ4v) is 2.25. The first-order chi connectivity index (χ1) is 8.74. The Morgan fingerprint density at radius 2 is 2.28 bits per heavy atom. The van der Waals surface area contributed by atoms with Crippen LogP contribution in [-0.4, -0.2) is 22.0 Å². The molecule has 0 amide bonds. The number of rotatable bonds is 5. The largest absolute Gasteiger partial charge is 0.311 e. The molecule has 4 nitrogen and oxygen atoms in total. The topological polar surface area (TPSA) is 42.7 Å². The normalized spacial score (nSPS) is 12.6. The average Bonchev–Trinajstić information content (AvgIpc) is 2.84. The van der Waals surface area contributed by atoms with Gasteiger partial charge in [-0.2, -0.15) is 0 Å². The van der Waals surface area contributed by atoms with Crippen LogP contribution in [0.5, 0.6) is 0 Å². The Bertz CT molecular complexity index is 509. The van der Waals surface area contributed by atoms with Gasteiger partial charge in [0.05, 0.1) is 17.9 Å². The van der Waals surface area contributed by atoms with E-state index in [1.807, 2.05) is 36.1 Å². The van der Waals surface area contributed by atoms with E-state index in [0.717, 1.165) is 23.7 Å². The van der Waals surface area contributed by atoms with Crippen molar-refractivity contribution in [2.45, 2.75) is 25.9 Å². The molecule has 2 aromatic rings. The molecule has 0 saturated carbocycles. The number of nitrogens with zero attached hydrogens (tertiary/aromatic N) is 3. The van der Waals surface area contributed by atoms with Crippen molar-refractivity contribution in [3.8, 4) is 0 Å². The van der Waals surface area contributed by atoms with Crippen LogP contribution in [0.15, 0.2) is 30.5 Å². The van der Waals surface area contributed by atoms with Crippen LogP contribution in [0.4, 0.5) is 0 Å². The number of aryl methyl sites for hydroxylation is 1. The summed E-state index contributed by atoms with van der Waals surface area (Å²) >= 11 is 6.00. The lowest BCUT2D eigenvalue weighted by Gasteiger charge is -2.16. The molecule has 5 heteroatoms. The third-order valence-electron chi connectivity index (χ3n) is 2.98. The van der Waals surface area contributed by atoms with E-state index in [9.17, 15) is 0 Å². The Morgan fingerprint density at radius 1 is 1.44 bits per heavy atom. The van der Waals surface area contributed by atoms with Gasteiger partial charge in [0, 0.05) is 11.6 Å². The summed E-state index contributed by atoms with van der Waals surface area (Å²) in [5.74, 6) is 0. The van der Waals surface area contributed by atoms with Crippen molar-refractivity contribution in [2.75, 3.05) is 7.05 Å². The minimum absolute atomic E-state index is 0.193. The number of hydrogen-bond donors (Lipinski definition) is 1. The van der Waals surface area contributed by atoms with Gasteiger partial charge in [0.2, 0.25) is 0 Å². The lowest BCUT2D eigenvalue weighted by molar-refractivity contribution is 0.508. The second-order valence-electron chi connectivity index (χ2n) is 4.15. The van der Waals surface area contributed by atoms with Crippen LogP contribution in [0, 0.1) is 0 Å². The van der Waals surface area contributed by atoms with E-state index in [-0.39, 0.29) is 6.04 Å². The zero-order valence-electron chi connectivity index (χ0n) is 10.6. The van der Waals surface area contributed by atoms with Gasteiger partial charge < -0.3 is 5.32 Å². The first-order valence-corrected chi connectivity index (χ1v) is 6.42. The molecular weight excluding hydrogens is 248 g/mol. The van der Waals surface area contributed by atoms with Crippen molar-refractivity contribution in [2.24, 2.45) is 0 Å². The van der Waals surface area contributed by atoms with Crippen molar-refractivity contribution in [1.82, 2.24) is 20.3 Å². The van der Waals surface area contributed by atoms with Crippen LogP contribution >= 0.6 is 11.6 Å². The second kappa shape index (κ2) is 5.98. The van der Waals surface area contributed by atoms with Crippen molar-refractivity contribution >= 4 is 11.6 Å². The Kier molecular flexibility index (Phi) is 4.33. The molecule has 2 rings (SSSR count). The van der Waals surface area contributed by atoms with Crippen molar-refractivity contribution < 1.29 is 0 Å². The Morgan fingerprint density at radius 3 is 2.94 bits per heavy atom. The van der Waals surface area contributed by atoms with Gasteiger partial charge in [-0.15, -0.1) is 5.10 Å². The highest BCUT2D eigenvalue weighted by molar-refractivity contribution is 6.30. The summed E-state index contributed by atoms with van der Waals surface area (Å²) in [6.07, 6.45) is 2.68. The molecule has 1 aromatic heterocycles. The molecule has 1 N–H and O–H groups in total. The van der Waals surface area contributed by atoms with Crippen LogP contribution < -0.4 is 5.32 Å². The molecule has 0 aliphatic carbocycles. The van der Waals surface area contributed by atoms with Gasteiger partial charge in [-0.05, 0) is 38.1 Å². The minimum atomic E-state index is 0.193. The number of benzene rings is 1. The van der Waals surface area contributed by atoms with E-state index in [2.05, 4.69) is 28.6 Å². The third kappa shape index (κ3) is 2.89. The molecule has 0 radical (unpaired) electrons. The molecule has 0 fully saturated rings. The van der Waals surface area contributed by atoms with E-state index in [1.165, 1.54) is 5.56 Å².